The van der Waals surface area contributed by atoms with Crippen LogP contribution in [0.15, 0.2) is 24.3 Å². The third-order valence-electron chi connectivity index (χ3n) is 5.33. The fourth-order valence-corrected chi connectivity index (χ4v) is 3.99. The van der Waals surface area contributed by atoms with E-state index in [0.29, 0.717) is 0 Å². The molecule has 1 saturated carbocycles. The van der Waals surface area contributed by atoms with Crippen LogP contribution < -0.4 is 4.74 Å². The van der Waals surface area contributed by atoms with Crippen LogP contribution in [-0.2, 0) is 4.79 Å². The van der Waals surface area contributed by atoms with Crippen molar-refractivity contribution in [2.24, 2.45) is 5.92 Å². The van der Waals surface area contributed by atoms with E-state index in [-0.39, 0.29) is 17.9 Å². The molecule has 1 N–H and O–H groups in total. The molecule has 1 aromatic carbocycles. The van der Waals surface area contributed by atoms with Gasteiger partial charge in [0.2, 0.25) is 5.91 Å². The summed E-state index contributed by atoms with van der Waals surface area (Å²) in [6, 6.07) is 8.20. The van der Waals surface area contributed by atoms with Crippen LogP contribution in [0.25, 0.3) is 0 Å². The van der Waals surface area contributed by atoms with Gasteiger partial charge < -0.3 is 14.7 Å². The van der Waals surface area contributed by atoms with Crippen molar-refractivity contribution in [2.45, 2.75) is 57.1 Å². The fraction of sp³-hybridized carbons (Fsp3) is 0.632. The van der Waals surface area contributed by atoms with Crippen molar-refractivity contribution in [1.29, 1.82) is 0 Å². The van der Waals surface area contributed by atoms with Crippen molar-refractivity contribution in [2.75, 3.05) is 13.7 Å². The molecular weight excluding hydrogens is 290 g/mol. The number of aliphatic hydroxyl groups excluding tert-OH is 1. The van der Waals surface area contributed by atoms with Crippen LogP contribution in [0.4, 0.5) is 0 Å². The lowest BCUT2D eigenvalue weighted by Crippen LogP contribution is -2.41. The number of hydrogen-bond donors (Lipinski definition) is 1. The molecule has 2 fully saturated rings. The first kappa shape index (κ1) is 16.3. The molecule has 3 atom stereocenters. The number of likely N-dealkylation sites (tertiary alicyclic amines) is 1. The zero-order chi connectivity index (χ0) is 16.2. The van der Waals surface area contributed by atoms with Gasteiger partial charge in [0.25, 0.3) is 0 Å². The Morgan fingerprint density at radius 1 is 1.09 bits per heavy atom. The van der Waals surface area contributed by atoms with E-state index >= 15 is 0 Å². The molecule has 3 unspecified atom stereocenters. The normalized spacial score (nSPS) is 28.4. The number of carbonyl (C=O) groups excluding carboxylic acids is 1. The van der Waals surface area contributed by atoms with Gasteiger partial charge in [-0.25, -0.2) is 0 Å². The van der Waals surface area contributed by atoms with E-state index in [9.17, 15) is 9.90 Å². The fourth-order valence-electron chi connectivity index (χ4n) is 3.99. The largest absolute Gasteiger partial charge is 0.497 e. The molecule has 23 heavy (non-hydrogen) atoms. The molecule has 0 radical (unpaired) electrons. The van der Waals surface area contributed by atoms with Gasteiger partial charge in [0.15, 0.2) is 0 Å². The summed E-state index contributed by atoms with van der Waals surface area (Å²) in [4.78, 5) is 15.0. The average molecular weight is 317 g/mol. The highest BCUT2D eigenvalue weighted by molar-refractivity contribution is 5.80. The van der Waals surface area contributed by atoms with Crippen LogP contribution in [0, 0.1) is 5.92 Å². The lowest BCUT2D eigenvalue weighted by atomic mass is 9.97. The first-order valence-electron chi connectivity index (χ1n) is 8.83. The van der Waals surface area contributed by atoms with Crippen LogP contribution in [0.2, 0.25) is 0 Å². The van der Waals surface area contributed by atoms with Crippen LogP contribution in [-0.4, -0.2) is 35.7 Å². The van der Waals surface area contributed by atoms with E-state index in [0.717, 1.165) is 50.8 Å². The number of methoxy groups -OCH3 is 1. The van der Waals surface area contributed by atoms with E-state index in [2.05, 4.69) is 12.1 Å². The molecule has 2 aliphatic rings. The smallest absolute Gasteiger partial charge is 0.228 e. The number of hydrogen-bond acceptors (Lipinski definition) is 3. The summed E-state index contributed by atoms with van der Waals surface area (Å²) in [6.45, 7) is 0.804. The minimum Gasteiger partial charge on any atom is -0.497 e. The Morgan fingerprint density at radius 2 is 1.87 bits per heavy atom. The first-order chi connectivity index (χ1) is 11.2. The Labute approximate surface area is 138 Å². The van der Waals surface area contributed by atoms with Gasteiger partial charge in [-0.15, -0.1) is 0 Å². The van der Waals surface area contributed by atoms with E-state index < -0.39 is 6.10 Å². The van der Waals surface area contributed by atoms with Gasteiger partial charge in [0.05, 0.1) is 25.2 Å². The highest BCUT2D eigenvalue weighted by atomic mass is 16.5. The molecule has 1 amide bonds. The molecule has 1 aliphatic carbocycles. The number of rotatable bonds is 3. The summed E-state index contributed by atoms with van der Waals surface area (Å²) in [5.74, 6) is 0.790. The van der Waals surface area contributed by atoms with Gasteiger partial charge in [-0.05, 0) is 49.8 Å². The molecule has 1 saturated heterocycles. The second kappa shape index (κ2) is 7.35. The molecule has 126 valence electrons. The summed E-state index contributed by atoms with van der Waals surface area (Å²) >= 11 is 0. The highest BCUT2D eigenvalue weighted by Gasteiger charge is 2.37. The number of ether oxygens (including phenoxy) is 1. The first-order valence-corrected chi connectivity index (χ1v) is 8.83. The third-order valence-corrected chi connectivity index (χ3v) is 5.33. The Morgan fingerprint density at radius 3 is 2.52 bits per heavy atom. The molecule has 1 aromatic rings. The maximum absolute atomic E-state index is 13.0. The minimum atomic E-state index is -0.456. The maximum Gasteiger partial charge on any atom is 0.228 e. The van der Waals surface area contributed by atoms with Gasteiger partial charge in [0.1, 0.15) is 5.75 Å². The van der Waals surface area contributed by atoms with E-state index in [4.69, 9.17) is 4.74 Å². The summed E-state index contributed by atoms with van der Waals surface area (Å²) in [7, 11) is 1.66. The standard InChI is InChI=1S/C19H27NO3/c1-23-15-11-9-14(10-12-15)17-7-3-2-4-13-20(17)19(22)16-6-5-8-18(16)21/h9-12,16-18,21H,2-8,13H2,1H3. The summed E-state index contributed by atoms with van der Waals surface area (Å²) in [5, 5.41) is 10.1. The van der Waals surface area contributed by atoms with Crippen molar-refractivity contribution >= 4 is 5.91 Å². The van der Waals surface area contributed by atoms with Crippen molar-refractivity contribution in [3.63, 3.8) is 0 Å². The molecule has 1 aliphatic heterocycles. The Hall–Kier alpha value is -1.55. The van der Waals surface area contributed by atoms with Crippen LogP contribution >= 0.6 is 0 Å². The van der Waals surface area contributed by atoms with E-state index in [1.54, 1.807) is 7.11 Å². The van der Waals surface area contributed by atoms with E-state index in [1.165, 1.54) is 12.0 Å². The van der Waals surface area contributed by atoms with Crippen LogP contribution in [0.1, 0.15) is 56.6 Å². The summed E-state index contributed by atoms with van der Waals surface area (Å²) in [6.07, 6.45) is 6.46. The number of nitrogens with zero attached hydrogens (tertiary/aromatic N) is 1. The second-order valence-corrected chi connectivity index (χ2v) is 6.77. The number of amides is 1. The molecule has 0 bridgehead atoms. The molecule has 3 rings (SSSR count). The van der Waals surface area contributed by atoms with Crippen molar-refractivity contribution in [1.82, 2.24) is 4.90 Å². The van der Waals surface area contributed by atoms with Crippen LogP contribution in [0.3, 0.4) is 0 Å². The van der Waals surface area contributed by atoms with Crippen LogP contribution in [0.5, 0.6) is 5.75 Å². The van der Waals surface area contributed by atoms with E-state index in [1.807, 2.05) is 17.0 Å². The SMILES string of the molecule is COc1ccc(C2CCCCCN2C(=O)C2CCCC2O)cc1. The highest BCUT2D eigenvalue weighted by Crippen LogP contribution is 2.35. The lowest BCUT2D eigenvalue weighted by Gasteiger charge is -2.33. The topological polar surface area (TPSA) is 49.8 Å². The van der Waals surface area contributed by atoms with Crippen molar-refractivity contribution < 1.29 is 14.6 Å². The predicted molar refractivity (Wildman–Crippen MR) is 89.3 cm³/mol. The zero-order valence-corrected chi connectivity index (χ0v) is 13.9. The monoisotopic (exact) mass is 317 g/mol. The van der Waals surface area contributed by atoms with Gasteiger partial charge in [-0.2, -0.15) is 0 Å². The molecule has 0 aromatic heterocycles. The number of carbonyl (C=O) groups is 1. The van der Waals surface area contributed by atoms with Gasteiger partial charge in [-0.1, -0.05) is 25.0 Å². The second-order valence-electron chi connectivity index (χ2n) is 6.77. The molecule has 0 spiro atoms. The molecule has 1 heterocycles. The number of aliphatic hydroxyl groups is 1. The Bertz CT molecular complexity index is 528. The quantitative estimate of drug-likeness (QED) is 0.930. The zero-order valence-electron chi connectivity index (χ0n) is 13.9. The predicted octanol–water partition coefficient (Wildman–Crippen LogP) is 3.30. The number of benzene rings is 1. The Balaban J connectivity index is 1.83. The summed E-state index contributed by atoms with van der Waals surface area (Å²) < 4.78 is 5.24. The molecule has 4 nitrogen and oxygen atoms in total. The minimum absolute atomic E-state index is 0.128. The van der Waals surface area contributed by atoms with Gasteiger partial charge in [-0.3, -0.25) is 4.79 Å². The maximum atomic E-state index is 13.0. The van der Waals surface area contributed by atoms with Crippen molar-refractivity contribution in [3.05, 3.63) is 29.8 Å². The molecular formula is C19H27NO3. The van der Waals surface area contributed by atoms with Gasteiger partial charge >= 0.3 is 0 Å². The lowest BCUT2D eigenvalue weighted by molar-refractivity contribution is -0.140. The van der Waals surface area contributed by atoms with Crippen molar-refractivity contribution in [3.8, 4) is 5.75 Å². The average Bonchev–Trinajstić information content (AvgIpc) is 2.86. The third kappa shape index (κ3) is 3.52. The summed E-state index contributed by atoms with van der Waals surface area (Å²) in [5.41, 5.74) is 1.17. The van der Waals surface area contributed by atoms with Gasteiger partial charge in [0, 0.05) is 6.54 Å². The Kier molecular flexibility index (Phi) is 5.21. The molecule has 4 heteroatoms.